The molecule has 7 nitrogen and oxygen atoms in total. The molecule has 0 radical (unpaired) electrons. The highest BCUT2D eigenvalue weighted by molar-refractivity contribution is 7.11. The van der Waals surface area contributed by atoms with Gasteiger partial charge in [-0.3, -0.25) is 15.5 Å². The zero-order valence-corrected chi connectivity index (χ0v) is 13.7. The van der Waals surface area contributed by atoms with E-state index in [1.54, 1.807) is 12.1 Å². The number of non-ortho nitro benzene ring substituents is 1. The maximum atomic E-state index is 10.8. The van der Waals surface area contributed by atoms with Gasteiger partial charge in [0.05, 0.1) is 16.3 Å². The van der Waals surface area contributed by atoms with Crippen LogP contribution >= 0.6 is 11.3 Å². The molecule has 0 aliphatic rings. The van der Waals surface area contributed by atoms with Gasteiger partial charge in [0.25, 0.3) is 5.69 Å². The van der Waals surface area contributed by atoms with Crippen LogP contribution in [0, 0.1) is 10.1 Å². The van der Waals surface area contributed by atoms with Gasteiger partial charge in [-0.2, -0.15) is 0 Å². The molecular weight excluding hydrogens is 338 g/mol. The van der Waals surface area contributed by atoms with Gasteiger partial charge < -0.3 is 10.8 Å². The lowest BCUT2D eigenvalue weighted by Crippen LogP contribution is -2.20. The SMILES string of the molecule is [N-]=C=C(NNc1cccc([N+](=O)[O-])c1)c1nc(-c2ccccc2)cs1. The molecule has 1 heterocycles. The van der Waals surface area contributed by atoms with Gasteiger partial charge in [0.15, 0.2) is 0 Å². The summed E-state index contributed by atoms with van der Waals surface area (Å²) in [5.74, 6) is 2.05. The summed E-state index contributed by atoms with van der Waals surface area (Å²) in [4.78, 5) is 14.8. The van der Waals surface area contributed by atoms with Crippen LogP contribution in [0.2, 0.25) is 0 Å². The van der Waals surface area contributed by atoms with Gasteiger partial charge >= 0.3 is 0 Å². The molecule has 0 aliphatic carbocycles. The van der Waals surface area contributed by atoms with Crippen LogP contribution in [0.4, 0.5) is 11.4 Å². The van der Waals surface area contributed by atoms with Crippen LogP contribution in [0.25, 0.3) is 22.4 Å². The molecule has 2 aromatic carbocycles. The zero-order chi connectivity index (χ0) is 17.6. The molecule has 2 N–H and O–H groups in total. The van der Waals surface area contributed by atoms with Crippen molar-refractivity contribution in [2.45, 2.75) is 0 Å². The van der Waals surface area contributed by atoms with Crippen molar-refractivity contribution in [2.24, 2.45) is 0 Å². The Kier molecular flexibility index (Phi) is 4.84. The minimum atomic E-state index is -0.479. The standard InChI is InChI=1S/C17H12N5O2S/c18-10-15(21-20-13-7-4-8-14(9-13)22(23)24)17-19-16(11-25-17)12-5-2-1-3-6-12/h1-9,11,20-21H/q-1. The number of anilines is 1. The second-order valence-corrected chi connectivity index (χ2v) is 5.81. The minimum Gasteiger partial charge on any atom is -0.761 e. The predicted molar refractivity (Wildman–Crippen MR) is 99.2 cm³/mol. The molecule has 0 spiro atoms. The lowest BCUT2D eigenvalue weighted by atomic mass is 10.2. The molecule has 0 aliphatic heterocycles. The van der Waals surface area contributed by atoms with Crippen molar-refractivity contribution in [3.8, 4) is 11.3 Å². The quantitative estimate of drug-likeness (QED) is 0.398. The van der Waals surface area contributed by atoms with E-state index in [1.165, 1.54) is 23.5 Å². The smallest absolute Gasteiger partial charge is 0.271 e. The van der Waals surface area contributed by atoms with Crippen molar-refractivity contribution < 1.29 is 4.92 Å². The number of nitrogens with one attached hydrogen (secondary N) is 2. The van der Waals surface area contributed by atoms with Crippen LogP contribution in [0.5, 0.6) is 0 Å². The van der Waals surface area contributed by atoms with Crippen molar-refractivity contribution in [3.05, 3.63) is 80.5 Å². The highest BCUT2D eigenvalue weighted by Crippen LogP contribution is 2.24. The first-order valence-corrected chi connectivity index (χ1v) is 8.10. The summed E-state index contributed by atoms with van der Waals surface area (Å²) in [5.41, 5.74) is 7.98. The first kappa shape index (κ1) is 16.4. The zero-order valence-electron chi connectivity index (χ0n) is 12.8. The Hall–Kier alpha value is -3.48. The van der Waals surface area contributed by atoms with E-state index in [9.17, 15) is 15.5 Å². The first-order chi connectivity index (χ1) is 12.2. The van der Waals surface area contributed by atoms with Gasteiger partial charge in [-0.25, -0.2) is 10.9 Å². The van der Waals surface area contributed by atoms with E-state index in [4.69, 9.17) is 0 Å². The lowest BCUT2D eigenvalue weighted by Gasteiger charge is -2.10. The Bertz CT molecular complexity index is 948. The van der Waals surface area contributed by atoms with Crippen LogP contribution in [0.15, 0.2) is 60.0 Å². The van der Waals surface area contributed by atoms with Gasteiger partial charge in [-0.05, 0) is 6.07 Å². The molecule has 0 saturated carbocycles. The fourth-order valence-corrected chi connectivity index (χ4v) is 2.87. The third-order valence-corrected chi connectivity index (χ3v) is 4.15. The highest BCUT2D eigenvalue weighted by atomic mass is 32.1. The monoisotopic (exact) mass is 350 g/mol. The number of nitrogens with zero attached hydrogens (tertiary/aromatic N) is 3. The summed E-state index contributed by atoms with van der Waals surface area (Å²) >= 11 is 1.34. The van der Waals surface area contributed by atoms with Crippen molar-refractivity contribution in [1.29, 1.82) is 0 Å². The van der Waals surface area contributed by atoms with Gasteiger partial charge in [0.1, 0.15) is 10.7 Å². The summed E-state index contributed by atoms with van der Waals surface area (Å²) in [5, 5.41) is 22.5. The van der Waals surface area contributed by atoms with E-state index in [2.05, 4.69) is 15.8 Å². The molecule has 0 fully saturated rings. The average molecular weight is 350 g/mol. The Balaban J connectivity index is 1.74. The number of nitro groups is 1. The third kappa shape index (κ3) is 3.89. The molecule has 1 aromatic heterocycles. The minimum absolute atomic E-state index is 0.0362. The Morgan fingerprint density at radius 2 is 2.00 bits per heavy atom. The topological polar surface area (TPSA) is 102 Å². The third-order valence-electron chi connectivity index (χ3n) is 3.29. The van der Waals surface area contributed by atoms with Crippen LogP contribution in [-0.2, 0) is 0 Å². The summed E-state index contributed by atoms with van der Waals surface area (Å²) < 4.78 is 0. The molecule has 0 saturated heterocycles. The summed E-state index contributed by atoms with van der Waals surface area (Å²) in [6.07, 6.45) is 0. The number of thiazole rings is 1. The van der Waals surface area contributed by atoms with E-state index in [0.717, 1.165) is 11.3 Å². The molecule has 0 amide bonds. The van der Waals surface area contributed by atoms with E-state index < -0.39 is 4.92 Å². The summed E-state index contributed by atoms with van der Waals surface area (Å²) in [6.45, 7) is 0. The Labute approximate surface area is 147 Å². The van der Waals surface area contributed by atoms with Crippen LogP contribution in [0.3, 0.4) is 0 Å². The van der Waals surface area contributed by atoms with Gasteiger partial charge in [0, 0.05) is 23.1 Å². The predicted octanol–water partition coefficient (Wildman–Crippen LogP) is 3.92. The van der Waals surface area contributed by atoms with E-state index in [1.807, 2.05) is 41.6 Å². The van der Waals surface area contributed by atoms with E-state index in [0.29, 0.717) is 10.7 Å². The van der Waals surface area contributed by atoms with Crippen LogP contribution < -0.4 is 10.9 Å². The molecule has 8 heteroatoms. The molecule has 0 unspecified atom stereocenters. The number of nitro benzene ring substituents is 1. The number of aromatic nitrogens is 1. The molecule has 0 atom stereocenters. The first-order valence-electron chi connectivity index (χ1n) is 7.22. The highest BCUT2D eigenvalue weighted by Gasteiger charge is 2.09. The average Bonchev–Trinajstić information content (AvgIpc) is 3.13. The largest absolute Gasteiger partial charge is 0.761 e. The molecular formula is C17H12N5O2S-. The molecule has 25 heavy (non-hydrogen) atoms. The number of hydrogen-bond acceptors (Lipinski definition) is 6. The Morgan fingerprint density at radius 1 is 1.20 bits per heavy atom. The lowest BCUT2D eigenvalue weighted by molar-refractivity contribution is -0.384. The number of rotatable bonds is 6. The Morgan fingerprint density at radius 3 is 2.72 bits per heavy atom. The molecule has 3 rings (SSSR count). The van der Waals surface area contributed by atoms with Crippen LogP contribution in [0.1, 0.15) is 5.01 Å². The number of hydrazine groups is 1. The van der Waals surface area contributed by atoms with Crippen molar-refractivity contribution in [1.82, 2.24) is 10.4 Å². The second-order valence-electron chi connectivity index (χ2n) is 4.95. The number of benzene rings is 2. The normalized spacial score (nSPS) is 9.92. The fraction of sp³-hybridized carbons (Fsp3) is 0. The van der Waals surface area contributed by atoms with Gasteiger partial charge in [0.2, 0.25) is 0 Å². The van der Waals surface area contributed by atoms with Crippen molar-refractivity contribution in [2.75, 3.05) is 5.43 Å². The fourth-order valence-electron chi connectivity index (χ4n) is 2.09. The van der Waals surface area contributed by atoms with Gasteiger partial charge in [-0.15, -0.1) is 11.3 Å². The summed E-state index contributed by atoms with van der Waals surface area (Å²) in [6, 6.07) is 15.6. The molecule has 0 bridgehead atoms. The second kappa shape index (κ2) is 7.39. The van der Waals surface area contributed by atoms with E-state index >= 15 is 0 Å². The maximum absolute atomic E-state index is 10.8. The van der Waals surface area contributed by atoms with Crippen molar-refractivity contribution >= 4 is 34.3 Å². The maximum Gasteiger partial charge on any atom is 0.271 e. The molecule has 3 aromatic rings. The summed E-state index contributed by atoms with van der Waals surface area (Å²) in [7, 11) is 0. The van der Waals surface area contributed by atoms with Gasteiger partial charge in [-0.1, -0.05) is 36.4 Å². The molecule has 124 valence electrons. The number of hydrogen-bond donors (Lipinski definition) is 2. The van der Waals surface area contributed by atoms with Crippen LogP contribution in [-0.4, -0.2) is 15.8 Å². The van der Waals surface area contributed by atoms with E-state index in [-0.39, 0.29) is 11.4 Å². The van der Waals surface area contributed by atoms with Crippen molar-refractivity contribution in [3.63, 3.8) is 0 Å².